The molecule has 3 aromatic heterocycles. The molecule has 10 rings (SSSR count). The molecule has 5 heteroatoms. The van der Waals surface area contributed by atoms with E-state index in [0.29, 0.717) is 17.5 Å². The van der Waals surface area contributed by atoms with Gasteiger partial charge in [-0.1, -0.05) is 121 Å². The summed E-state index contributed by atoms with van der Waals surface area (Å²) in [5.74, 6) is 1.95. The van der Waals surface area contributed by atoms with Gasteiger partial charge in [-0.05, 0) is 66.6 Å². The van der Waals surface area contributed by atoms with Crippen molar-refractivity contribution in [2.24, 2.45) is 0 Å². The van der Waals surface area contributed by atoms with E-state index in [9.17, 15) is 0 Å². The third-order valence-electron chi connectivity index (χ3n) is 9.72. The summed E-state index contributed by atoms with van der Waals surface area (Å²) in [6.45, 7) is 2.16. The molecule has 0 saturated heterocycles. The average molecular weight is 671 g/mol. The lowest BCUT2D eigenvalue weighted by Gasteiger charge is -2.11. The highest BCUT2D eigenvalue weighted by molar-refractivity contribution is 7.26. The van der Waals surface area contributed by atoms with Crippen LogP contribution >= 0.6 is 11.3 Å². The monoisotopic (exact) mass is 670 g/mol. The van der Waals surface area contributed by atoms with Gasteiger partial charge in [0.15, 0.2) is 17.5 Å². The first-order valence-corrected chi connectivity index (χ1v) is 17.9. The Morgan fingerprint density at radius 2 is 1.04 bits per heavy atom. The van der Waals surface area contributed by atoms with Gasteiger partial charge in [-0.3, -0.25) is 0 Å². The van der Waals surface area contributed by atoms with Crippen molar-refractivity contribution in [2.45, 2.75) is 6.92 Å². The van der Waals surface area contributed by atoms with Gasteiger partial charge in [-0.2, -0.15) is 0 Å². The van der Waals surface area contributed by atoms with Gasteiger partial charge < -0.3 is 4.57 Å². The van der Waals surface area contributed by atoms with Crippen molar-refractivity contribution in [3.8, 4) is 51.0 Å². The summed E-state index contributed by atoms with van der Waals surface area (Å²) in [5.41, 5.74) is 10.0. The van der Waals surface area contributed by atoms with E-state index in [2.05, 4.69) is 115 Å². The number of benzene rings is 7. The first-order valence-electron chi connectivity index (χ1n) is 17.1. The smallest absolute Gasteiger partial charge is 0.164 e. The van der Waals surface area contributed by atoms with Crippen molar-refractivity contribution in [3.63, 3.8) is 0 Å². The fraction of sp³-hybridized carbons (Fsp3) is 0.0217. The van der Waals surface area contributed by atoms with E-state index in [4.69, 9.17) is 15.0 Å². The van der Waals surface area contributed by atoms with Gasteiger partial charge in [-0.25, -0.2) is 15.0 Å². The van der Waals surface area contributed by atoms with Crippen molar-refractivity contribution in [3.05, 3.63) is 169 Å². The molecule has 0 amide bonds. The number of hydrogen-bond donors (Lipinski definition) is 0. The van der Waals surface area contributed by atoms with Crippen molar-refractivity contribution >= 4 is 53.3 Å². The summed E-state index contributed by atoms with van der Waals surface area (Å²) in [6.07, 6.45) is 0. The highest BCUT2D eigenvalue weighted by atomic mass is 32.1. The van der Waals surface area contributed by atoms with Crippen LogP contribution in [0.4, 0.5) is 0 Å². The zero-order valence-electron chi connectivity index (χ0n) is 27.8. The molecule has 51 heavy (non-hydrogen) atoms. The molecule has 0 unspecified atom stereocenters. The topological polar surface area (TPSA) is 43.6 Å². The van der Waals surface area contributed by atoms with Crippen molar-refractivity contribution in [2.75, 3.05) is 0 Å². The van der Waals surface area contributed by atoms with Crippen molar-refractivity contribution in [1.82, 2.24) is 19.5 Å². The van der Waals surface area contributed by atoms with Gasteiger partial charge in [0, 0.05) is 53.3 Å². The van der Waals surface area contributed by atoms with Gasteiger partial charge in [0.1, 0.15) is 0 Å². The molecule has 10 aromatic rings. The standard InChI is InChI=1S/C46H30N4S/c1-29-19-26-40-39(27-29)36-25-22-33(35-16-10-17-38-37-15-8-9-18-42(37)51-43(35)38)28-41(36)50(40)34-23-20-32(21-24-34)46-48-44(30-11-4-2-5-12-30)47-45(49-46)31-13-6-3-7-14-31/h2-28H,1H3. The minimum Gasteiger partial charge on any atom is -0.309 e. The van der Waals surface area contributed by atoms with Gasteiger partial charge >= 0.3 is 0 Å². The molecule has 0 radical (unpaired) electrons. The van der Waals surface area contributed by atoms with E-state index in [1.165, 1.54) is 58.7 Å². The maximum Gasteiger partial charge on any atom is 0.164 e. The first kappa shape index (κ1) is 29.5. The number of aryl methyl sites for hydroxylation is 1. The van der Waals surface area contributed by atoms with Gasteiger partial charge in [0.05, 0.1) is 11.0 Å². The molecule has 0 aliphatic carbocycles. The second kappa shape index (κ2) is 11.9. The lowest BCUT2D eigenvalue weighted by Crippen LogP contribution is -2.00. The van der Waals surface area contributed by atoms with Crippen LogP contribution in [-0.4, -0.2) is 19.5 Å². The van der Waals surface area contributed by atoms with Gasteiger partial charge in [0.25, 0.3) is 0 Å². The molecule has 4 nitrogen and oxygen atoms in total. The Kier molecular flexibility index (Phi) is 6.86. The molecule has 0 saturated carbocycles. The Morgan fingerprint density at radius 3 is 1.75 bits per heavy atom. The number of thiophene rings is 1. The third kappa shape index (κ3) is 5.01. The second-order valence-electron chi connectivity index (χ2n) is 13.0. The fourth-order valence-corrected chi connectivity index (χ4v) is 8.49. The predicted molar refractivity (Wildman–Crippen MR) is 214 cm³/mol. The number of rotatable bonds is 5. The molecule has 0 aliphatic rings. The third-order valence-corrected chi connectivity index (χ3v) is 10.9. The molecule has 0 N–H and O–H groups in total. The molecular weight excluding hydrogens is 641 g/mol. The van der Waals surface area contributed by atoms with Crippen LogP contribution in [0.2, 0.25) is 0 Å². The minimum absolute atomic E-state index is 0.644. The van der Waals surface area contributed by atoms with Crippen LogP contribution < -0.4 is 0 Å². The SMILES string of the molecule is Cc1ccc2c(c1)c1ccc(-c3cccc4c3sc3ccccc34)cc1n2-c1ccc(-c2nc(-c3ccccc3)nc(-c3ccccc3)n2)cc1. The average Bonchev–Trinajstić information content (AvgIpc) is 3.73. The molecule has 0 aliphatic heterocycles. The van der Waals surface area contributed by atoms with E-state index in [0.717, 1.165) is 22.4 Å². The molecule has 7 aromatic carbocycles. The highest BCUT2D eigenvalue weighted by Gasteiger charge is 2.17. The molecule has 0 spiro atoms. The van der Waals surface area contributed by atoms with Gasteiger partial charge in [-0.15, -0.1) is 11.3 Å². The maximum atomic E-state index is 4.96. The van der Waals surface area contributed by atoms with Crippen molar-refractivity contribution < 1.29 is 0 Å². The van der Waals surface area contributed by atoms with Gasteiger partial charge in [0.2, 0.25) is 0 Å². The van der Waals surface area contributed by atoms with Crippen LogP contribution in [0.1, 0.15) is 5.56 Å². The lowest BCUT2D eigenvalue weighted by atomic mass is 10.0. The van der Waals surface area contributed by atoms with Crippen LogP contribution in [0.25, 0.3) is 93.0 Å². The van der Waals surface area contributed by atoms with Crippen LogP contribution in [0.5, 0.6) is 0 Å². The lowest BCUT2D eigenvalue weighted by molar-refractivity contribution is 1.07. The highest BCUT2D eigenvalue weighted by Crippen LogP contribution is 2.42. The van der Waals surface area contributed by atoms with E-state index in [1.807, 2.05) is 72.0 Å². The van der Waals surface area contributed by atoms with Crippen LogP contribution in [-0.2, 0) is 0 Å². The van der Waals surface area contributed by atoms with E-state index in [1.54, 1.807) is 0 Å². The van der Waals surface area contributed by atoms with Crippen LogP contribution in [0.3, 0.4) is 0 Å². The Balaban J connectivity index is 1.13. The molecule has 0 fully saturated rings. The normalized spacial score (nSPS) is 11.6. The summed E-state index contributed by atoms with van der Waals surface area (Å²) < 4.78 is 5.03. The molecule has 0 atom stereocenters. The van der Waals surface area contributed by atoms with E-state index >= 15 is 0 Å². The Hall–Kier alpha value is -6.43. The number of nitrogens with zero attached hydrogens (tertiary/aromatic N) is 4. The molecule has 3 heterocycles. The first-order chi connectivity index (χ1) is 25.2. The Labute approximate surface area is 299 Å². The number of hydrogen-bond acceptors (Lipinski definition) is 4. The maximum absolute atomic E-state index is 4.96. The number of aromatic nitrogens is 4. The minimum atomic E-state index is 0.644. The summed E-state index contributed by atoms with van der Waals surface area (Å²) in [4.78, 5) is 14.8. The zero-order chi connectivity index (χ0) is 33.9. The van der Waals surface area contributed by atoms with Crippen LogP contribution in [0.15, 0.2) is 164 Å². The summed E-state index contributed by atoms with van der Waals surface area (Å²) in [7, 11) is 0. The number of fused-ring (bicyclic) bond motifs is 6. The quantitative estimate of drug-likeness (QED) is 0.183. The predicted octanol–water partition coefficient (Wildman–Crippen LogP) is 12.3. The Morgan fingerprint density at radius 1 is 0.431 bits per heavy atom. The molecular formula is C46H30N4S. The summed E-state index contributed by atoms with van der Waals surface area (Å²) in [5, 5.41) is 5.11. The summed E-state index contributed by atoms with van der Waals surface area (Å²) in [6, 6.07) is 57.9. The molecule has 240 valence electrons. The Bertz CT molecular complexity index is 2850. The zero-order valence-corrected chi connectivity index (χ0v) is 28.6. The largest absolute Gasteiger partial charge is 0.309 e. The fourth-order valence-electron chi connectivity index (χ4n) is 7.25. The molecule has 0 bridgehead atoms. The second-order valence-corrected chi connectivity index (χ2v) is 14.0. The van der Waals surface area contributed by atoms with Crippen LogP contribution in [0, 0.1) is 6.92 Å². The van der Waals surface area contributed by atoms with E-state index in [-0.39, 0.29) is 0 Å². The summed E-state index contributed by atoms with van der Waals surface area (Å²) >= 11 is 1.87. The van der Waals surface area contributed by atoms with E-state index < -0.39 is 0 Å². The van der Waals surface area contributed by atoms with Crippen molar-refractivity contribution in [1.29, 1.82) is 0 Å².